The molecule has 1 aromatic carbocycles. The summed E-state index contributed by atoms with van der Waals surface area (Å²) in [5.74, 6) is 0.738. The van der Waals surface area contributed by atoms with E-state index in [2.05, 4.69) is 27.9 Å². The first-order chi connectivity index (χ1) is 9.24. The van der Waals surface area contributed by atoms with Crippen molar-refractivity contribution in [2.45, 2.75) is 44.6 Å². The number of halogens is 1. The molecule has 3 nitrogen and oxygen atoms in total. The maximum atomic E-state index is 11.8. The SMILES string of the molecule is O=C(COc1ccc(I)cc1)NC1CCCCCC1. The Morgan fingerprint density at radius 1 is 1.16 bits per heavy atom. The number of amides is 1. The van der Waals surface area contributed by atoms with Crippen LogP contribution in [-0.2, 0) is 4.79 Å². The number of hydrogen-bond donors (Lipinski definition) is 1. The van der Waals surface area contributed by atoms with Gasteiger partial charge in [0, 0.05) is 9.61 Å². The third-order valence-electron chi connectivity index (χ3n) is 3.40. The van der Waals surface area contributed by atoms with Gasteiger partial charge in [0.25, 0.3) is 5.91 Å². The molecule has 104 valence electrons. The first-order valence-corrected chi connectivity index (χ1v) is 7.99. The van der Waals surface area contributed by atoms with Crippen molar-refractivity contribution in [2.75, 3.05) is 6.61 Å². The smallest absolute Gasteiger partial charge is 0.258 e. The van der Waals surface area contributed by atoms with Crippen LogP contribution >= 0.6 is 22.6 Å². The van der Waals surface area contributed by atoms with Gasteiger partial charge in [-0.05, 0) is 59.7 Å². The second-order valence-electron chi connectivity index (χ2n) is 5.00. The van der Waals surface area contributed by atoms with Crippen LogP contribution in [0.2, 0.25) is 0 Å². The summed E-state index contributed by atoms with van der Waals surface area (Å²) in [5, 5.41) is 3.08. The molecule has 0 unspecified atom stereocenters. The van der Waals surface area contributed by atoms with Crippen LogP contribution < -0.4 is 10.1 Å². The molecule has 4 heteroatoms. The molecule has 0 atom stereocenters. The van der Waals surface area contributed by atoms with Gasteiger partial charge < -0.3 is 10.1 Å². The van der Waals surface area contributed by atoms with Gasteiger partial charge in [0.05, 0.1) is 0 Å². The third-order valence-corrected chi connectivity index (χ3v) is 4.12. The molecule has 1 saturated carbocycles. The van der Waals surface area contributed by atoms with Gasteiger partial charge in [-0.2, -0.15) is 0 Å². The molecule has 0 saturated heterocycles. The van der Waals surface area contributed by atoms with E-state index < -0.39 is 0 Å². The summed E-state index contributed by atoms with van der Waals surface area (Å²) >= 11 is 2.24. The van der Waals surface area contributed by atoms with Crippen molar-refractivity contribution in [3.8, 4) is 5.75 Å². The molecule has 0 heterocycles. The van der Waals surface area contributed by atoms with Crippen molar-refractivity contribution in [3.05, 3.63) is 27.8 Å². The van der Waals surface area contributed by atoms with E-state index in [4.69, 9.17) is 4.74 Å². The van der Waals surface area contributed by atoms with Crippen molar-refractivity contribution in [1.82, 2.24) is 5.32 Å². The molecule has 0 radical (unpaired) electrons. The van der Waals surface area contributed by atoms with E-state index in [0.717, 1.165) is 22.2 Å². The van der Waals surface area contributed by atoms with Gasteiger partial charge >= 0.3 is 0 Å². The van der Waals surface area contributed by atoms with Crippen molar-refractivity contribution in [3.63, 3.8) is 0 Å². The molecule has 1 aliphatic rings. The van der Waals surface area contributed by atoms with Crippen LogP contribution in [0.1, 0.15) is 38.5 Å². The topological polar surface area (TPSA) is 38.3 Å². The van der Waals surface area contributed by atoms with Crippen LogP contribution in [0.15, 0.2) is 24.3 Å². The Morgan fingerprint density at radius 2 is 1.79 bits per heavy atom. The van der Waals surface area contributed by atoms with E-state index >= 15 is 0 Å². The maximum Gasteiger partial charge on any atom is 0.258 e. The monoisotopic (exact) mass is 373 g/mol. The minimum atomic E-state index is -0.00884. The van der Waals surface area contributed by atoms with Gasteiger partial charge in [0.1, 0.15) is 5.75 Å². The summed E-state index contributed by atoms with van der Waals surface area (Å²) < 4.78 is 6.64. The Kier molecular flexibility index (Phi) is 5.94. The van der Waals surface area contributed by atoms with Crippen LogP contribution in [0.4, 0.5) is 0 Å². The second-order valence-corrected chi connectivity index (χ2v) is 6.24. The molecule has 0 aromatic heterocycles. The molecule has 2 rings (SSSR count). The summed E-state index contributed by atoms with van der Waals surface area (Å²) in [4.78, 5) is 11.8. The minimum Gasteiger partial charge on any atom is -0.484 e. The molecular formula is C15H20INO2. The van der Waals surface area contributed by atoms with Crippen LogP contribution in [0.25, 0.3) is 0 Å². The fraction of sp³-hybridized carbons (Fsp3) is 0.533. The van der Waals surface area contributed by atoms with Crippen LogP contribution in [0.3, 0.4) is 0 Å². The number of rotatable bonds is 4. The van der Waals surface area contributed by atoms with Gasteiger partial charge in [0.15, 0.2) is 6.61 Å². The lowest BCUT2D eigenvalue weighted by Crippen LogP contribution is -2.37. The summed E-state index contributed by atoms with van der Waals surface area (Å²) in [5.41, 5.74) is 0. The molecule has 1 fully saturated rings. The lowest BCUT2D eigenvalue weighted by molar-refractivity contribution is -0.123. The summed E-state index contributed by atoms with van der Waals surface area (Å²) in [7, 11) is 0. The van der Waals surface area contributed by atoms with Gasteiger partial charge in [0.2, 0.25) is 0 Å². The fourth-order valence-electron chi connectivity index (χ4n) is 2.37. The van der Waals surface area contributed by atoms with Gasteiger partial charge in [-0.15, -0.1) is 0 Å². The summed E-state index contributed by atoms with van der Waals surface area (Å²) in [6, 6.07) is 8.06. The fourth-order valence-corrected chi connectivity index (χ4v) is 2.73. The van der Waals surface area contributed by atoms with E-state index in [9.17, 15) is 4.79 Å². The lowest BCUT2D eigenvalue weighted by atomic mass is 10.1. The second kappa shape index (κ2) is 7.72. The van der Waals surface area contributed by atoms with Crippen LogP contribution in [0.5, 0.6) is 5.75 Å². The number of carbonyl (C=O) groups is 1. The van der Waals surface area contributed by atoms with Crippen molar-refractivity contribution in [2.24, 2.45) is 0 Å². The molecule has 0 bridgehead atoms. The Bertz CT molecular complexity index is 397. The predicted molar refractivity (Wildman–Crippen MR) is 84.3 cm³/mol. The Morgan fingerprint density at radius 3 is 2.42 bits per heavy atom. The van der Waals surface area contributed by atoms with E-state index in [1.54, 1.807) is 0 Å². The van der Waals surface area contributed by atoms with Crippen LogP contribution in [0, 0.1) is 3.57 Å². The molecule has 1 aliphatic carbocycles. The van der Waals surface area contributed by atoms with E-state index in [-0.39, 0.29) is 12.5 Å². The predicted octanol–water partition coefficient (Wildman–Crippen LogP) is 3.51. The van der Waals surface area contributed by atoms with Gasteiger partial charge in [-0.25, -0.2) is 0 Å². The van der Waals surface area contributed by atoms with Gasteiger partial charge in [-0.3, -0.25) is 4.79 Å². The quantitative estimate of drug-likeness (QED) is 0.648. The average molecular weight is 373 g/mol. The van der Waals surface area contributed by atoms with Crippen molar-refractivity contribution < 1.29 is 9.53 Å². The number of benzene rings is 1. The van der Waals surface area contributed by atoms with E-state index in [1.165, 1.54) is 25.7 Å². The summed E-state index contributed by atoms with van der Waals surface area (Å²) in [6.07, 6.45) is 7.26. The molecule has 0 spiro atoms. The highest BCUT2D eigenvalue weighted by Crippen LogP contribution is 2.17. The zero-order chi connectivity index (χ0) is 13.5. The molecule has 1 aromatic rings. The highest BCUT2D eigenvalue weighted by Gasteiger charge is 2.14. The largest absolute Gasteiger partial charge is 0.484 e. The number of carbonyl (C=O) groups excluding carboxylic acids is 1. The Labute approximate surface area is 128 Å². The molecule has 0 aliphatic heterocycles. The normalized spacial score (nSPS) is 16.7. The lowest BCUT2D eigenvalue weighted by Gasteiger charge is -2.16. The minimum absolute atomic E-state index is 0.00884. The highest BCUT2D eigenvalue weighted by atomic mass is 127. The number of ether oxygens (including phenoxy) is 1. The zero-order valence-electron chi connectivity index (χ0n) is 11.0. The van der Waals surface area contributed by atoms with Crippen molar-refractivity contribution in [1.29, 1.82) is 0 Å². The Hall–Kier alpha value is -0.780. The van der Waals surface area contributed by atoms with Crippen LogP contribution in [-0.4, -0.2) is 18.6 Å². The number of nitrogens with one attached hydrogen (secondary N) is 1. The van der Waals surface area contributed by atoms with E-state index in [1.807, 2.05) is 24.3 Å². The third kappa shape index (κ3) is 5.38. The number of hydrogen-bond acceptors (Lipinski definition) is 2. The molecular weight excluding hydrogens is 353 g/mol. The van der Waals surface area contributed by atoms with Crippen molar-refractivity contribution >= 4 is 28.5 Å². The highest BCUT2D eigenvalue weighted by molar-refractivity contribution is 14.1. The van der Waals surface area contributed by atoms with Gasteiger partial charge in [-0.1, -0.05) is 25.7 Å². The first-order valence-electron chi connectivity index (χ1n) is 6.92. The molecule has 1 N–H and O–H groups in total. The maximum absolute atomic E-state index is 11.8. The molecule has 19 heavy (non-hydrogen) atoms. The zero-order valence-corrected chi connectivity index (χ0v) is 13.2. The van der Waals surface area contributed by atoms with E-state index in [0.29, 0.717) is 6.04 Å². The standard InChI is InChI=1S/C15H20INO2/c16-12-7-9-14(10-8-12)19-11-15(18)17-13-5-3-1-2-4-6-13/h7-10,13H,1-6,11H2,(H,17,18). The Balaban J connectivity index is 1.73. The first kappa shape index (κ1) is 14.6. The average Bonchev–Trinajstić information content (AvgIpc) is 2.67. The summed E-state index contributed by atoms with van der Waals surface area (Å²) in [6.45, 7) is 0.108. The molecule has 1 amide bonds.